The number of carbonyl (C=O) groups excluding carboxylic acids is 2. The molecule has 2 heterocycles. The van der Waals surface area contributed by atoms with E-state index in [-0.39, 0.29) is 24.2 Å². The number of thiophene rings is 1. The zero-order valence-corrected chi connectivity index (χ0v) is 17.3. The van der Waals surface area contributed by atoms with Crippen LogP contribution in [-0.4, -0.2) is 42.9 Å². The minimum absolute atomic E-state index is 0. The van der Waals surface area contributed by atoms with Gasteiger partial charge in [-0.1, -0.05) is 19.1 Å². The van der Waals surface area contributed by atoms with E-state index < -0.39 is 0 Å². The van der Waals surface area contributed by atoms with Crippen LogP contribution in [0.25, 0.3) is 0 Å². The summed E-state index contributed by atoms with van der Waals surface area (Å²) in [4.78, 5) is 27.2. The maximum Gasteiger partial charge on any atom is 0.256 e. The van der Waals surface area contributed by atoms with E-state index in [1.807, 2.05) is 41.6 Å². The molecule has 0 saturated carbocycles. The van der Waals surface area contributed by atoms with Gasteiger partial charge in [-0.3, -0.25) is 9.59 Å². The lowest BCUT2D eigenvalue weighted by Crippen LogP contribution is -2.44. The molecule has 1 aliphatic rings. The molecule has 1 aliphatic heterocycles. The van der Waals surface area contributed by atoms with Crippen LogP contribution in [0.4, 0.5) is 5.00 Å². The lowest BCUT2D eigenvalue weighted by atomic mass is 10.0. The number of nitrogens with zero attached hydrogens (tertiary/aromatic N) is 1. The first-order valence-corrected chi connectivity index (χ1v) is 9.94. The number of hydrogen-bond acceptors (Lipinski definition) is 4. The summed E-state index contributed by atoms with van der Waals surface area (Å²) < 4.78 is 0. The number of halogens is 1. The number of anilines is 1. The van der Waals surface area contributed by atoms with Crippen molar-refractivity contribution < 1.29 is 9.59 Å². The van der Waals surface area contributed by atoms with E-state index in [9.17, 15) is 9.59 Å². The topological polar surface area (TPSA) is 61.4 Å². The van der Waals surface area contributed by atoms with Crippen molar-refractivity contribution in [3.05, 3.63) is 52.4 Å². The first-order valence-electron chi connectivity index (χ1n) is 9.06. The number of benzene rings is 1. The molecule has 7 heteroatoms. The molecule has 27 heavy (non-hydrogen) atoms. The standard InChI is InChI=1S/C20H25N3O2S.ClH/c1-3-14-4-6-15(7-5-14)18(24)22-19-17(10-13-26-19)20(25)23-11-8-16(21-2)9-12-23;/h4-7,10,13,16,21H,3,8-9,11-12H2,1-2H3,(H,22,24);1H. The van der Waals surface area contributed by atoms with Crippen LogP contribution in [0.15, 0.2) is 35.7 Å². The van der Waals surface area contributed by atoms with Crippen molar-refractivity contribution in [1.29, 1.82) is 0 Å². The molecule has 3 rings (SSSR count). The van der Waals surface area contributed by atoms with Crippen molar-refractivity contribution in [3.8, 4) is 0 Å². The summed E-state index contributed by atoms with van der Waals surface area (Å²) in [5.41, 5.74) is 2.37. The van der Waals surface area contributed by atoms with E-state index in [0.29, 0.717) is 22.2 Å². The summed E-state index contributed by atoms with van der Waals surface area (Å²) in [6, 6.07) is 9.85. The second kappa shape index (κ2) is 9.88. The highest BCUT2D eigenvalue weighted by atomic mass is 35.5. The normalized spacial score (nSPS) is 14.5. The van der Waals surface area contributed by atoms with Gasteiger partial charge in [0.15, 0.2) is 0 Å². The maximum atomic E-state index is 12.8. The fourth-order valence-corrected chi connectivity index (χ4v) is 3.96. The predicted molar refractivity (Wildman–Crippen MR) is 113 cm³/mol. The van der Waals surface area contributed by atoms with Gasteiger partial charge in [-0.05, 0) is 55.5 Å². The highest BCUT2D eigenvalue weighted by Crippen LogP contribution is 2.26. The first kappa shape index (κ1) is 21.4. The highest BCUT2D eigenvalue weighted by molar-refractivity contribution is 7.14. The average Bonchev–Trinajstić information content (AvgIpc) is 3.15. The van der Waals surface area contributed by atoms with Gasteiger partial charge in [0, 0.05) is 24.7 Å². The summed E-state index contributed by atoms with van der Waals surface area (Å²) in [6.45, 7) is 3.57. The molecular weight excluding hydrogens is 382 g/mol. The molecule has 0 unspecified atom stereocenters. The minimum Gasteiger partial charge on any atom is -0.338 e. The van der Waals surface area contributed by atoms with Crippen LogP contribution in [0.3, 0.4) is 0 Å². The van der Waals surface area contributed by atoms with Crippen molar-refractivity contribution >= 4 is 40.6 Å². The van der Waals surface area contributed by atoms with E-state index in [2.05, 4.69) is 17.6 Å². The Labute approximate surface area is 170 Å². The Morgan fingerprint density at radius 3 is 2.41 bits per heavy atom. The molecule has 0 bridgehead atoms. The van der Waals surface area contributed by atoms with Gasteiger partial charge in [0.2, 0.25) is 0 Å². The number of aryl methyl sites for hydroxylation is 1. The van der Waals surface area contributed by atoms with Crippen molar-refractivity contribution in [3.63, 3.8) is 0 Å². The monoisotopic (exact) mass is 407 g/mol. The van der Waals surface area contributed by atoms with Crippen molar-refractivity contribution in [2.75, 3.05) is 25.5 Å². The van der Waals surface area contributed by atoms with Crippen LogP contribution in [0.1, 0.15) is 46.0 Å². The van der Waals surface area contributed by atoms with E-state index in [0.717, 1.165) is 32.4 Å². The third-order valence-corrected chi connectivity index (χ3v) is 5.77. The zero-order chi connectivity index (χ0) is 18.5. The van der Waals surface area contributed by atoms with Gasteiger partial charge in [-0.2, -0.15) is 0 Å². The SMILES string of the molecule is CCc1ccc(C(=O)Nc2sccc2C(=O)N2CCC(NC)CC2)cc1.Cl. The smallest absolute Gasteiger partial charge is 0.256 e. The zero-order valence-electron chi connectivity index (χ0n) is 15.7. The molecule has 2 N–H and O–H groups in total. The van der Waals surface area contributed by atoms with Gasteiger partial charge in [-0.25, -0.2) is 0 Å². The molecule has 0 aliphatic carbocycles. The molecule has 5 nitrogen and oxygen atoms in total. The van der Waals surface area contributed by atoms with E-state index >= 15 is 0 Å². The van der Waals surface area contributed by atoms with Crippen LogP contribution in [0.5, 0.6) is 0 Å². The van der Waals surface area contributed by atoms with Crippen LogP contribution >= 0.6 is 23.7 Å². The molecule has 1 fully saturated rings. The second-order valence-electron chi connectivity index (χ2n) is 6.52. The predicted octanol–water partition coefficient (Wildman–Crippen LogP) is 3.81. The lowest BCUT2D eigenvalue weighted by Gasteiger charge is -2.31. The Kier molecular flexibility index (Phi) is 7.83. The van der Waals surface area contributed by atoms with Crippen molar-refractivity contribution in [1.82, 2.24) is 10.2 Å². The number of nitrogens with one attached hydrogen (secondary N) is 2. The summed E-state index contributed by atoms with van der Waals surface area (Å²) >= 11 is 1.39. The maximum absolute atomic E-state index is 12.8. The van der Waals surface area contributed by atoms with E-state index in [1.54, 1.807) is 6.07 Å². The number of likely N-dealkylation sites (tertiary alicyclic amines) is 1. The molecule has 1 aromatic heterocycles. The number of piperidine rings is 1. The minimum atomic E-state index is -0.182. The summed E-state index contributed by atoms with van der Waals surface area (Å²) in [5, 5.41) is 8.64. The number of hydrogen-bond donors (Lipinski definition) is 2. The molecule has 2 amide bonds. The summed E-state index contributed by atoms with van der Waals surface area (Å²) in [6.07, 6.45) is 2.85. The number of rotatable bonds is 5. The molecule has 2 aromatic rings. The molecule has 0 spiro atoms. The third-order valence-electron chi connectivity index (χ3n) is 4.94. The lowest BCUT2D eigenvalue weighted by molar-refractivity contribution is 0.0709. The summed E-state index contributed by atoms with van der Waals surface area (Å²) in [5.74, 6) is -0.185. The van der Waals surface area contributed by atoms with Gasteiger partial charge >= 0.3 is 0 Å². The molecule has 1 saturated heterocycles. The van der Waals surface area contributed by atoms with Crippen molar-refractivity contribution in [2.45, 2.75) is 32.2 Å². The summed E-state index contributed by atoms with van der Waals surface area (Å²) in [7, 11) is 1.96. The molecule has 0 radical (unpaired) electrons. The van der Waals surface area contributed by atoms with Crippen LogP contribution < -0.4 is 10.6 Å². The fourth-order valence-electron chi connectivity index (χ4n) is 3.18. The average molecular weight is 408 g/mol. The Balaban J connectivity index is 0.00000261. The van der Waals surface area contributed by atoms with Gasteiger partial charge in [0.25, 0.3) is 11.8 Å². The Morgan fingerprint density at radius 1 is 1.15 bits per heavy atom. The number of carbonyl (C=O) groups is 2. The quantitative estimate of drug-likeness (QED) is 0.792. The molecule has 1 aromatic carbocycles. The second-order valence-corrected chi connectivity index (χ2v) is 7.44. The first-order chi connectivity index (χ1) is 12.6. The Morgan fingerprint density at radius 2 is 1.81 bits per heavy atom. The highest BCUT2D eigenvalue weighted by Gasteiger charge is 2.25. The van der Waals surface area contributed by atoms with Crippen LogP contribution in [0, 0.1) is 0 Å². The number of amides is 2. The van der Waals surface area contributed by atoms with E-state index in [1.165, 1.54) is 16.9 Å². The fraction of sp³-hybridized carbons (Fsp3) is 0.400. The Bertz CT molecular complexity index is 768. The molecule has 0 atom stereocenters. The Hall–Kier alpha value is -1.89. The largest absolute Gasteiger partial charge is 0.338 e. The van der Waals surface area contributed by atoms with Crippen molar-refractivity contribution in [2.24, 2.45) is 0 Å². The van der Waals surface area contributed by atoms with Crippen LogP contribution in [-0.2, 0) is 6.42 Å². The molecule has 146 valence electrons. The van der Waals surface area contributed by atoms with Gasteiger partial charge in [0.1, 0.15) is 5.00 Å². The molecular formula is C20H26ClN3O2S. The van der Waals surface area contributed by atoms with Gasteiger partial charge in [0.05, 0.1) is 5.56 Å². The van der Waals surface area contributed by atoms with Crippen LogP contribution in [0.2, 0.25) is 0 Å². The third kappa shape index (κ3) is 5.09. The van der Waals surface area contributed by atoms with E-state index in [4.69, 9.17) is 0 Å². The van der Waals surface area contributed by atoms with Gasteiger partial charge < -0.3 is 15.5 Å². The van der Waals surface area contributed by atoms with Gasteiger partial charge in [-0.15, -0.1) is 23.7 Å².